The predicted molar refractivity (Wildman–Crippen MR) is 82.4 cm³/mol. The number of amides is 1. The highest BCUT2D eigenvalue weighted by molar-refractivity contribution is 5.99. The molecule has 112 valence electrons. The summed E-state index contributed by atoms with van der Waals surface area (Å²) in [6.45, 7) is 1.86. The van der Waals surface area contributed by atoms with E-state index < -0.39 is 0 Å². The second-order valence-corrected chi connectivity index (χ2v) is 5.74. The molecule has 1 aromatic heterocycles. The lowest BCUT2D eigenvalue weighted by Gasteiger charge is -2.22. The van der Waals surface area contributed by atoms with Crippen LogP contribution < -0.4 is 4.74 Å². The molecule has 3 heterocycles. The molecule has 0 bridgehead atoms. The summed E-state index contributed by atoms with van der Waals surface area (Å²) in [4.78, 5) is 14.6. The molecule has 1 fully saturated rings. The van der Waals surface area contributed by atoms with Gasteiger partial charge >= 0.3 is 0 Å². The number of carbonyl (C=O) groups excluding carboxylic acids is 1. The van der Waals surface area contributed by atoms with Gasteiger partial charge < -0.3 is 9.64 Å². The monoisotopic (exact) mass is 295 g/mol. The second-order valence-electron chi connectivity index (χ2n) is 5.74. The minimum Gasteiger partial charge on any atom is -0.488 e. The quantitative estimate of drug-likeness (QED) is 0.924. The summed E-state index contributed by atoms with van der Waals surface area (Å²) in [5.74, 6) is 1.27. The number of hydrogen-bond donors (Lipinski definition) is 1. The van der Waals surface area contributed by atoms with Crippen molar-refractivity contribution in [3.05, 3.63) is 53.4 Å². The maximum absolute atomic E-state index is 12.7. The number of rotatable bonds is 2. The molecule has 1 N–H and O–H groups in total. The van der Waals surface area contributed by atoms with Crippen molar-refractivity contribution in [1.29, 1.82) is 0 Å². The Morgan fingerprint density at radius 3 is 3.09 bits per heavy atom. The zero-order valence-electron chi connectivity index (χ0n) is 12.2. The molecular weight excluding hydrogens is 278 g/mol. The van der Waals surface area contributed by atoms with Gasteiger partial charge in [-0.1, -0.05) is 18.2 Å². The Kier molecular flexibility index (Phi) is 3.18. The number of hydrogen-bond acceptors (Lipinski definition) is 3. The minimum absolute atomic E-state index is 0.0801. The molecule has 1 saturated heterocycles. The summed E-state index contributed by atoms with van der Waals surface area (Å²) < 4.78 is 5.68. The number of carbonyl (C=O) groups is 1. The van der Waals surface area contributed by atoms with E-state index >= 15 is 0 Å². The van der Waals surface area contributed by atoms with Gasteiger partial charge in [0.05, 0.1) is 5.57 Å². The summed E-state index contributed by atoms with van der Waals surface area (Å²) in [6.07, 6.45) is 4.68. The third kappa shape index (κ3) is 2.28. The van der Waals surface area contributed by atoms with Crippen LogP contribution in [0.3, 0.4) is 0 Å². The van der Waals surface area contributed by atoms with Crippen molar-refractivity contribution in [3.8, 4) is 5.75 Å². The van der Waals surface area contributed by atoms with Gasteiger partial charge in [0.15, 0.2) is 0 Å². The molecule has 0 unspecified atom stereocenters. The normalized spacial score (nSPS) is 20.3. The van der Waals surface area contributed by atoms with E-state index in [0.717, 1.165) is 42.1 Å². The zero-order valence-corrected chi connectivity index (χ0v) is 12.2. The number of nitrogens with zero attached hydrogens (tertiary/aromatic N) is 2. The van der Waals surface area contributed by atoms with Crippen LogP contribution in [0.2, 0.25) is 0 Å². The number of likely N-dealkylation sites (tertiary alicyclic amines) is 1. The molecule has 0 spiro atoms. The van der Waals surface area contributed by atoms with Gasteiger partial charge in [0, 0.05) is 36.5 Å². The fourth-order valence-corrected chi connectivity index (χ4v) is 3.14. The Morgan fingerprint density at radius 1 is 1.32 bits per heavy atom. The first kappa shape index (κ1) is 13.1. The highest BCUT2D eigenvalue weighted by Crippen LogP contribution is 2.30. The van der Waals surface area contributed by atoms with Crippen molar-refractivity contribution in [2.75, 3.05) is 19.7 Å². The summed E-state index contributed by atoms with van der Waals surface area (Å²) in [6, 6.07) is 9.78. The Bertz CT molecular complexity index is 721. The number of para-hydroxylation sites is 1. The number of H-pyrrole nitrogens is 1. The molecule has 0 radical (unpaired) electrons. The van der Waals surface area contributed by atoms with E-state index in [1.165, 1.54) is 0 Å². The van der Waals surface area contributed by atoms with Crippen LogP contribution in [0, 0.1) is 0 Å². The van der Waals surface area contributed by atoms with Gasteiger partial charge in [-0.3, -0.25) is 9.89 Å². The van der Waals surface area contributed by atoms with E-state index in [-0.39, 0.29) is 5.91 Å². The SMILES string of the molecule is O=C(C1=Cc2ccccc2OC1)N1CC[C@H](c2ccn[nH]2)C1. The molecule has 2 aromatic rings. The molecular formula is C17H17N3O2. The van der Waals surface area contributed by atoms with E-state index in [2.05, 4.69) is 10.2 Å². The van der Waals surface area contributed by atoms with Gasteiger partial charge in [0.1, 0.15) is 12.4 Å². The third-order valence-electron chi connectivity index (χ3n) is 4.34. The highest BCUT2D eigenvalue weighted by atomic mass is 16.5. The summed E-state index contributed by atoms with van der Waals surface area (Å²) in [7, 11) is 0. The zero-order chi connectivity index (χ0) is 14.9. The van der Waals surface area contributed by atoms with Crippen molar-refractivity contribution >= 4 is 12.0 Å². The lowest BCUT2D eigenvalue weighted by atomic mass is 10.1. The molecule has 5 nitrogen and oxygen atoms in total. The maximum Gasteiger partial charge on any atom is 0.253 e. The average molecular weight is 295 g/mol. The van der Waals surface area contributed by atoms with Gasteiger partial charge in [-0.15, -0.1) is 0 Å². The highest BCUT2D eigenvalue weighted by Gasteiger charge is 2.30. The molecule has 0 aliphatic carbocycles. The average Bonchev–Trinajstić information content (AvgIpc) is 3.24. The number of benzene rings is 1. The Balaban J connectivity index is 1.50. The van der Waals surface area contributed by atoms with Crippen molar-refractivity contribution in [3.63, 3.8) is 0 Å². The molecule has 1 atom stereocenters. The van der Waals surface area contributed by atoms with Gasteiger partial charge in [-0.2, -0.15) is 5.10 Å². The first-order valence-electron chi connectivity index (χ1n) is 7.52. The van der Waals surface area contributed by atoms with Crippen LogP contribution in [0.15, 0.2) is 42.1 Å². The van der Waals surface area contributed by atoms with Crippen LogP contribution in [-0.2, 0) is 4.79 Å². The van der Waals surface area contributed by atoms with E-state index in [0.29, 0.717) is 12.5 Å². The van der Waals surface area contributed by atoms with Crippen LogP contribution in [-0.4, -0.2) is 40.7 Å². The molecule has 1 amide bonds. The predicted octanol–water partition coefficient (Wildman–Crippen LogP) is 2.20. The number of aromatic nitrogens is 2. The standard InChI is InChI=1S/C17H17N3O2/c21-17(14-9-12-3-1-2-4-16(12)22-11-14)20-8-6-13(10-20)15-5-7-18-19-15/h1-5,7,9,13H,6,8,10-11H2,(H,18,19)/t13-/m0/s1. The Hall–Kier alpha value is -2.56. The first-order chi connectivity index (χ1) is 10.8. The minimum atomic E-state index is 0.0801. The summed E-state index contributed by atoms with van der Waals surface area (Å²) in [5, 5.41) is 7.00. The molecule has 22 heavy (non-hydrogen) atoms. The first-order valence-corrected chi connectivity index (χ1v) is 7.52. The van der Waals surface area contributed by atoms with Crippen LogP contribution in [0.1, 0.15) is 23.6 Å². The number of aromatic amines is 1. The lowest BCUT2D eigenvalue weighted by Crippen LogP contribution is -2.32. The molecule has 2 aliphatic heterocycles. The smallest absolute Gasteiger partial charge is 0.253 e. The molecule has 4 rings (SSSR count). The van der Waals surface area contributed by atoms with E-state index in [1.54, 1.807) is 6.20 Å². The number of nitrogens with one attached hydrogen (secondary N) is 1. The molecule has 1 aromatic carbocycles. The molecule has 0 saturated carbocycles. The molecule has 2 aliphatic rings. The van der Waals surface area contributed by atoms with E-state index in [4.69, 9.17) is 4.74 Å². The van der Waals surface area contributed by atoms with Gasteiger partial charge in [-0.05, 0) is 24.6 Å². The fourth-order valence-electron chi connectivity index (χ4n) is 3.14. The van der Waals surface area contributed by atoms with Gasteiger partial charge in [0.25, 0.3) is 5.91 Å². The Labute approximate surface area is 128 Å². The van der Waals surface area contributed by atoms with Crippen molar-refractivity contribution in [1.82, 2.24) is 15.1 Å². The lowest BCUT2D eigenvalue weighted by molar-refractivity contribution is -0.126. The van der Waals surface area contributed by atoms with Gasteiger partial charge in [0.2, 0.25) is 0 Å². The van der Waals surface area contributed by atoms with Crippen molar-refractivity contribution < 1.29 is 9.53 Å². The largest absolute Gasteiger partial charge is 0.488 e. The number of fused-ring (bicyclic) bond motifs is 1. The third-order valence-corrected chi connectivity index (χ3v) is 4.34. The van der Waals surface area contributed by atoms with E-state index in [9.17, 15) is 4.79 Å². The van der Waals surface area contributed by atoms with E-state index in [1.807, 2.05) is 41.3 Å². The fraction of sp³-hybridized carbons (Fsp3) is 0.294. The Morgan fingerprint density at radius 2 is 2.23 bits per heavy atom. The number of ether oxygens (including phenoxy) is 1. The second kappa shape index (κ2) is 5.33. The maximum atomic E-state index is 12.7. The summed E-state index contributed by atoms with van der Waals surface area (Å²) >= 11 is 0. The van der Waals surface area contributed by atoms with Crippen LogP contribution >= 0.6 is 0 Å². The summed E-state index contributed by atoms with van der Waals surface area (Å²) in [5.41, 5.74) is 2.81. The van der Waals surface area contributed by atoms with Crippen molar-refractivity contribution in [2.45, 2.75) is 12.3 Å². The van der Waals surface area contributed by atoms with Crippen LogP contribution in [0.5, 0.6) is 5.75 Å². The van der Waals surface area contributed by atoms with Crippen LogP contribution in [0.4, 0.5) is 0 Å². The topological polar surface area (TPSA) is 58.2 Å². The van der Waals surface area contributed by atoms with Crippen molar-refractivity contribution in [2.24, 2.45) is 0 Å². The van der Waals surface area contributed by atoms with Crippen LogP contribution in [0.25, 0.3) is 6.08 Å². The van der Waals surface area contributed by atoms with Gasteiger partial charge in [-0.25, -0.2) is 0 Å². The molecule has 5 heteroatoms.